The number of carbonyl (C=O) groups is 1. The lowest BCUT2D eigenvalue weighted by Gasteiger charge is -2.30. The largest absolute Gasteiger partial charge is 0.489 e. The van der Waals surface area contributed by atoms with Crippen molar-refractivity contribution >= 4 is 26.8 Å². The van der Waals surface area contributed by atoms with Gasteiger partial charge in [0.05, 0.1) is 16.6 Å². The van der Waals surface area contributed by atoms with Crippen molar-refractivity contribution in [3.05, 3.63) is 48.8 Å². The topological polar surface area (TPSA) is 102 Å². The molecular weight excluding hydrogens is 394 g/mol. The van der Waals surface area contributed by atoms with E-state index in [2.05, 4.69) is 4.98 Å². The summed E-state index contributed by atoms with van der Waals surface area (Å²) in [5.41, 5.74) is 0.861. The maximum Gasteiger partial charge on any atom is 0.407 e. The first kappa shape index (κ1) is 19.3. The zero-order valence-electron chi connectivity index (χ0n) is 15.9. The van der Waals surface area contributed by atoms with E-state index in [0.717, 1.165) is 10.9 Å². The molecule has 0 radical (unpaired) electrons. The molecule has 1 saturated heterocycles. The molecule has 1 aliphatic heterocycles. The highest BCUT2D eigenvalue weighted by Crippen LogP contribution is 2.24. The van der Waals surface area contributed by atoms with Gasteiger partial charge >= 0.3 is 6.09 Å². The standard InChI is InChI=1S/C20H21N3O5S/c1-29(26,27)17-3-4-18-14(12-17)6-11-23(18)19-5-2-16(13-21-19)28-15-7-9-22(10-8-15)20(24)25/h2-6,11-13,15H,7-10H2,1H3,(H,24,25). The highest BCUT2D eigenvalue weighted by molar-refractivity contribution is 7.90. The summed E-state index contributed by atoms with van der Waals surface area (Å²) in [6.07, 6.45) is 5.07. The van der Waals surface area contributed by atoms with E-state index >= 15 is 0 Å². The number of sulfone groups is 1. The summed E-state index contributed by atoms with van der Waals surface area (Å²) >= 11 is 0. The first-order chi connectivity index (χ1) is 13.8. The van der Waals surface area contributed by atoms with Crippen LogP contribution in [0, 0.1) is 0 Å². The average Bonchev–Trinajstić information content (AvgIpc) is 3.12. The van der Waals surface area contributed by atoms with Gasteiger partial charge in [-0.2, -0.15) is 0 Å². The van der Waals surface area contributed by atoms with Crippen molar-refractivity contribution in [3.8, 4) is 11.6 Å². The molecular formula is C20H21N3O5S. The third-order valence-corrected chi connectivity index (χ3v) is 6.18. The Balaban J connectivity index is 1.49. The normalized spacial score (nSPS) is 15.6. The fourth-order valence-corrected chi connectivity index (χ4v) is 4.15. The van der Waals surface area contributed by atoms with E-state index in [1.54, 1.807) is 24.4 Å². The van der Waals surface area contributed by atoms with Crippen LogP contribution in [0.4, 0.5) is 4.79 Å². The highest BCUT2D eigenvalue weighted by atomic mass is 32.2. The number of hydrogen-bond acceptors (Lipinski definition) is 5. The molecule has 0 spiro atoms. The fraction of sp³-hybridized carbons (Fsp3) is 0.300. The minimum Gasteiger partial charge on any atom is -0.489 e. The van der Waals surface area contributed by atoms with Crippen LogP contribution in [0.25, 0.3) is 16.7 Å². The van der Waals surface area contributed by atoms with E-state index in [4.69, 9.17) is 9.84 Å². The van der Waals surface area contributed by atoms with Gasteiger partial charge in [0.25, 0.3) is 0 Å². The molecule has 0 unspecified atom stereocenters. The molecule has 0 atom stereocenters. The van der Waals surface area contributed by atoms with Crippen molar-refractivity contribution in [2.75, 3.05) is 19.3 Å². The molecule has 3 aromatic rings. The van der Waals surface area contributed by atoms with Gasteiger partial charge < -0.3 is 19.3 Å². The number of nitrogens with zero attached hydrogens (tertiary/aromatic N) is 3. The van der Waals surface area contributed by atoms with Crippen LogP contribution in [0.2, 0.25) is 0 Å². The van der Waals surface area contributed by atoms with Crippen molar-refractivity contribution in [2.45, 2.75) is 23.8 Å². The molecule has 2 aromatic heterocycles. The van der Waals surface area contributed by atoms with Crippen molar-refractivity contribution in [1.82, 2.24) is 14.5 Å². The Hall–Kier alpha value is -3.07. The van der Waals surface area contributed by atoms with Crippen molar-refractivity contribution < 1.29 is 23.1 Å². The Kier molecular flexibility index (Phi) is 4.91. The van der Waals surface area contributed by atoms with E-state index < -0.39 is 15.9 Å². The van der Waals surface area contributed by atoms with Gasteiger partial charge in [-0.05, 0) is 36.4 Å². The molecule has 0 bridgehead atoms. The second-order valence-electron chi connectivity index (χ2n) is 7.12. The Morgan fingerprint density at radius 3 is 2.55 bits per heavy atom. The Bertz CT molecular complexity index is 1150. The van der Waals surface area contributed by atoms with Crippen LogP contribution < -0.4 is 4.74 Å². The van der Waals surface area contributed by atoms with Gasteiger partial charge in [0, 0.05) is 43.8 Å². The van der Waals surface area contributed by atoms with E-state index in [-0.39, 0.29) is 11.0 Å². The van der Waals surface area contributed by atoms with E-state index in [0.29, 0.717) is 37.5 Å². The maximum absolute atomic E-state index is 11.7. The molecule has 1 N–H and O–H groups in total. The summed E-state index contributed by atoms with van der Waals surface area (Å²) in [4.78, 5) is 17.1. The number of benzene rings is 1. The molecule has 9 heteroatoms. The Morgan fingerprint density at radius 2 is 1.93 bits per heavy atom. The predicted molar refractivity (Wildman–Crippen MR) is 107 cm³/mol. The van der Waals surface area contributed by atoms with E-state index in [1.807, 2.05) is 29.0 Å². The lowest BCUT2D eigenvalue weighted by atomic mass is 10.1. The summed E-state index contributed by atoms with van der Waals surface area (Å²) in [6.45, 7) is 0.937. The van der Waals surface area contributed by atoms with Crippen LogP contribution in [0.3, 0.4) is 0 Å². The first-order valence-corrected chi connectivity index (χ1v) is 11.1. The summed E-state index contributed by atoms with van der Waals surface area (Å²) in [5, 5.41) is 9.83. The van der Waals surface area contributed by atoms with Gasteiger partial charge in [0.2, 0.25) is 0 Å². The van der Waals surface area contributed by atoms with Crippen molar-refractivity contribution in [1.29, 1.82) is 0 Å². The first-order valence-electron chi connectivity index (χ1n) is 9.23. The van der Waals surface area contributed by atoms with Crippen LogP contribution in [0.5, 0.6) is 5.75 Å². The van der Waals surface area contributed by atoms with Crippen molar-refractivity contribution in [2.24, 2.45) is 0 Å². The lowest BCUT2D eigenvalue weighted by Crippen LogP contribution is -2.41. The zero-order chi connectivity index (χ0) is 20.6. The second kappa shape index (κ2) is 7.40. The van der Waals surface area contributed by atoms with Gasteiger partial charge in [-0.1, -0.05) is 0 Å². The average molecular weight is 415 g/mol. The number of hydrogen-bond donors (Lipinski definition) is 1. The zero-order valence-corrected chi connectivity index (χ0v) is 16.7. The third kappa shape index (κ3) is 4.04. The molecule has 3 heterocycles. The third-order valence-electron chi connectivity index (χ3n) is 5.07. The fourth-order valence-electron chi connectivity index (χ4n) is 3.49. The number of rotatable bonds is 4. The molecule has 1 aliphatic rings. The van der Waals surface area contributed by atoms with Gasteiger partial charge in [-0.3, -0.25) is 0 Å². The molecule has 0 saturated carbocycles. The number of ether oxygens (including phenoxy) is 1. The van der Waals surface area contributed by atoms with Gasteiger partial charge in [0.1, 0.15) is 17.7 Å². The molecule has 4 rings (SSSR count). The minimum absolute atomic E-state index is 0.0277. The summed E-state index contributed by atoms with van der Waals surface area (Å²) in [5.74, 6) is 1.33. The summed E-state index contributed by atoms with van der Waals surface area (Å²) < 4.78 is 31.3. The van der Waals surface area contributed by atoms with Crippen LogP contribution in [-0.2, 0) is 9.84 Å². The highest BCUT2D eigenvalue weighted by Gasteiger charge is 2.23. The van der Waals surface area contributed by atoms with Gasteiger partial charge in [-0.15, -0.1) is 0 Å². The SMILES string of the molecule is CS(=O)(=O)c1ccc2c(ccn2-c2ccc(OC3CCN(C(=O)O)CC3)cn2)c1. The Morgan fingerprint density at radius 1 is 1.17 bits per heavy atom. The summed E-state index contributed by atoms with van der Waals surface area (Å²) in [6, 6.07) is 10.5. The predicted octanol–water partition coefficient (Wildman–Crippen LogP) is 2.95. The molecule has 1 fully saturated rings. The van der Waals surface area contributed by atoms with Crippen LogP contribution >= 0.6 is 0 Å². The quantitative estimate of drug-likeness (QED) is 0.703. The molecule has 1 aromatic carbocycles. The summed E-state index contributed by atoms with van der Waals surface area (Å²) in [7, 11) is -3.25. The van der Waals surface area contributed by atoms with Crippen LogP contribution in [0.15, 0.2) is 53.7 Å². The van der Waals surface area contributed by atoms with Crippen LogP contribution in [0.1, 0.15) is 12.8 Å². The number of piperidine rings is 1. The Labute approximate surface area is 168 Å². The maximum atomic E-state index is 11.7. The van der Waals surface area contributed by atoms with Gasteiger partial charge in [0.15, 0.2) is 9.84 Å². The van der Waals surface area contributed by atoms with E-state index in [9.17, 15) is 13.2 Å². The van der Waals surface area contributed by atoms with Gasteiger partial charge in [-0.25, -0.2) is 18.2 Å². The smallest absolute Gasteiger partial charge is 0.407 e. The number of amides is 1. The number of likely N-dealkylation sites (tertiary alicyclic amines) is 1. The lowest BCUT2D eigenvalue weighted by molar-refractivity contribution is 0.0893. The van der Waals surface area contributed by atoms with Crippen LogP contribution in [-0.4, -0.2) is 59.5 Å². The molecule has 0 aliphatic carbocycles. The van der Waals surface area contributed by atoms with Crippen molar-refractivity contribution in [3.63, 3.8) is 0 Å². The van der Waals surface area contributed by atoms with E-state index in [1.165, 1.54) is 11.2 Å². The molecule has 152 valence electrons. The number of aromatic nitrogens is 2. The number of fused-ring (bicyclic) bond motifs is 1. The molecule has 8 nitrogen and oxygen atoms in total. The number of pyridine rings is 1. The second-order valence-corrected chi connectivity index (χ2v) is 9.13. The minimum atomic E-state index is -3.25. The molecule has 29 heavy (non-hydrogen) atoms. The molecule has 1 amide bonds. The monoisotopic (exact) mass is 415 g/mol. The number of carboxylic acid groups (broad SMARTS) is 1.